The Hall–Kier alpha value is -1.53. The lowest BCUT2D eigenvalue weighted by molar-refractivity contribution is -0.117. The van der Waals surface area contributed by atoms with E-state index in [0.29, 0.717) is 11.3 Å². The van der Waals surface area contributed by atoms with Gasteiger partial charge in [-0.1, -0.05) is 12.1 Å². The predicted molar refractivity (Wildman–Crippen MR) is 72.7 cm³/mol. The lowest BCUT2D eigenvalue weighted by Gasteiger charge is -2.22. The van der Waals surface area contributed by atoms with E-state index in [2.05, 4.69) is 10.6 Å². The molecule has 2 rings (SSSR count). The monoisotopic (exact) mass is 265 g/mol. The fraction of sp³-hybridized carbons (Fsp3) is 0.333. The SMILES string of the molecule is NC(=O)c1ccccc1NC(=O)C1CSCCN1. The van der Waals surface area contributed by atoms with Gasteiger partial charge in [-0.05, 0) is 12.1 Å². The van der Waals surface area contributed by atoms with Crippen LogP contribution in [0.4, 0.5) is 5.69 Å². The normalized spacial score (nSPS) is 19.2. The maximum absolute atomic E-state index is 12.0. The van der Waals surface area contributed by atoms with Crippen LogP contribution in [-0.4, -0.2) is 35.9 Å². The predicted octanol–water partition coefficient (Wildman–Crippen LogP) is 0.429. The lowest BCUT2D eigenvalue weighted by Crippen LogP contribution is -2.46. The number of nitrogens with two attached hydrogens (primary N) is 1. The molecule has 0 bridgehead atoms. The van der Waals surface area contributed by atoms with Gasteiger partial charge in [-0.15, -0.1) is 0 Å². The number of anilines is 1. The number of rotatable bonds is 3. The summed E-state index contributed by atoms with van der Waals surface area (Å²) in [6, 6.07) is 6.52. The number of para-hydroxylation sites is 1. The molecular formula is C12H15N3O2S. The molecule has 96 valence electrons. The van der Waals surface area contributed by atoms with Gasteiger partial charge in [-0.3, -0.25) is 9.59 Å². The molecule has 2 amide bonds. The van der Waals surface area contributed by atoms with Crippen molar-refractivity contribution in [1.29, 1.82) is 0 Å². The topological polar surface area (TPSA) is 84.2 Å². The summed E-state index contributed by atoms with van der Waals surface area (Å²) in [6.45, 7) is 0.820. The molecular weight excluding hydrogens is 250 g/mol. The van der Waals surface area contributed by atoms with Gasteiger partial charge >= 0.3 is 0 Å². The maximum Gasteiger partial charge on any atom is 0.250 e. The van der Waals surface area contributed by atoms with Gasteiger partial charge in [0, 0.05) is 18.1 Å². The van der Waals surface area contributed by atoms with Crippen molar-refractivity contribution in [1.82, 2.24) is 5.32 Å². The molecule has 1 heterocycles. The molecule has 18 heavy (non-hydrogen) atoms. The fourth-order valence-corrected chi connectivity index (χ4v) is 2.69. The van der Waals surface area contributed by atoms with Crippen LogP contribution in [0.5, 0.6) is 0 Å². The van der Waals surface area contributed by atoms with Gasteiger partial charge in [0.15, 0.2) is 0 Å². The Bertz CT molecular complexity index is 458. The van der Waals surface area contributed by atoms with E-state index >= 15 is 0 Å². The standard InChI is InChI=1S/C12H15N3O2S/c13-11(16)8-3-1-2-4-9(8)15-12(17)10-7-18-6-5-14-10/h1-4,10,14H,5-7H2,(H2,13,16)(H,15,17). The van der Waals surface area contributed by atoms with Crippen LogP contribution in [0.1, 0.15) is 10.4 Å². The molecule has 5 nitrogen and oxygen atoms in total. The van der Waals surface area contributed by atoms with Gasteiger partial charge in [0.1, 0.15) is 0 Å². The van der Waals surface area contributed by atoms with Crippen molar-refractivity contribution in [2.24, 2.45) is 5.73 Å². The van der Waals surface area contributed by atoms with E-state index < -0.39 is 5.91 Å². The molecule has 0 aliphatic carbocycles. The third-order valence-electron chi connectivity index (χ3n) is 2.69. The van der Waals surface area contributed by atoms with Crippen LogP contribution < -0.4 is 16.4 Å². The molecule has 0 aromatic heterocycles. The summed E-state index contributed by atoms with van der Waals surface area (Å²) >= 11 is 1.74. The maximum atomic E-state index is 12.0. The lowest BCUT2D eigenvalue weighted by atomic mass is 10.1. The van der Waals surface area contributed by atoms with E-state index in [4.69, 9.17) is 5.73 Å². The zero-order chi connectivity index (χ0) is 13.0. The van der Waals surface area contributed by atoms with Gasteiger partial charge in [-0.25, -0.2) is 0 Å². The van der Waals surface area contributed by atoms with Gasteiger partial charge in [-0.2, -0.15) is 11.8 Å². The molecule has 0 spiro atoms. The van der Waals surface area contributed by atoms with Gasteiger partial charge < -0.3 is 16.4 Å². The summed E-state index contributed by atoms with van der Waals surface area (Å²) in [7, 11) is 0. The zero-order valence-electron chi connectivity index (χ0n) is 9.81. The third-order valence-corrected chi connectivity index (χ3v) is 3.75. The van der Waals surface area contributed by atoms with Gasteiger partial charge in [0.05, 0.1) is 17.3 Å². The largest absolute Gasteiger partial charge is 0.366 e. The Morgan fingerprint density at radius 3 is 2.83 bits per heavy atom. The number of thioether (sulfide) groups is 1. The Balaban J connectivity index is 2.08. The number of hydrogen-bond donors (Lipinski definition) is 3. The highest BCUT2D eigenvalue weighted by Gasteiger charge is 2.21. The zero-order valence-corrected chi connectivity index (χ0v) is 10.6. The molecule has 1 aliphatic heterocycles. The molecule has 1 atom stereocenters. The molecule has 1 unspecified atom stereocenters. The summed E-state index contributed by atoms with van der Waals surface area (Å²) in [5.41, 5.74) is 6.05. The number of hydrogen-bond acceptors (Lipinski definition) is 4. The van der Waals surface area contributed by atoms with Crippen LogP contribution in [0.25, 0.3) is 0 Å². The summed E-state index contributed by atoms with van der Waals surface area (Å²) < 4.78 is 0. The first-order valence-corrected chi connectivity index (χ1v) is 6.85. The summed E-state index contributed by atoms with van der Waals surface area (Å²) in [6.07, 6.45) is 0. The molecule has 1 fully saturated rings. The third kappa shape index (κ3) is 3.02. The quantitative estimate of drug-likeness (QED) is 0.740. The van der Waals surface area contributed by atoms with Crippen molar-refractivity contribution in [2.75, 3.05) is 23.4 Å². The minimum Gasteiger partial charge on any atom is -0.366 e. The Labute approximate surface area is 110 Å². The Morgan fingerprint density at radius 1 is 1.39 bits per heavy atom. The van der Waals surface area contributed by atoms with Crippen molar-refractivity contribution in [2.45, 2.75) is 6.04 Å². The van der Waals surface area contributed by atoms with E-state index in [1.54, 1.807) is 36.0 Å². The molecule has 4 N–H and O–H groups in total. The first-order chi connectivity index (χ1) is 8.68. The van der Waals surface area contributed by atoms with E-state index in [1.807, 2.05) is 0 Å². The molecule has 1 aromatic rings. The smallest absolute Gasteiger partial charge is 0.250 e. The summed E-state index contributed by atoms with van der Waals surface area (Å²) in [5.74, 6) is 1.08. The number of benzene rings is 1. The fourth-order valence-electron chi connectivity index (χ4n) is 1.76. The molecule has 1 saturated heterocycles. The Morgan fingerprint density at radius 2 is 2.17 bits per heavy atom. The average Bonchev–Trinajstić information content (AvgIpc) is 2.40. The van der Waals surface area contributed by atoms with Crippen LogP contribution in [-0.2, 0) is 4.79 Å². The van der Waals surface area contributed by atoms with Crippen molar-refractivity contribution >= 4 is 29.3 Å². The number of amides is 2. The molecule has 6 heteroatoms. The molecule has 1 aliphatic rings. The second kappa shape index (κ2) is 5.88. The van der Waals surface area contributed by atoms with Gasteiger partial charge in [0.2, 0.25) is 5.91 Å². The van der Waals surface area contributed by atoms with Crippen molar-refractivity contribution in [3.8, 4) is 0 Å². The molecule has 0 saturated carbocycles. The van der Waals surface area contributed by atoms with E-state index in [9.17, 15) is 9.59 Å². The number of carbonyl (C=O) groups excluding carboxylic acids is 2. The molecule has 0 radical (unpaired) electrons. The highest BCUT2D eigenvalue weighted by atomic mass is 32.2. The van der Waals surface area contributed by atoms with Crippen LogP contribution >= 0.6 is 11.8 Å². The average molecular weight is 265 g/mol. The highest BCUT2D eigenvalue weighted by molar-refractivity contribution is 7.99. The van der Waals surface area contributed by atoms with Crippen LogP contribution in [0.3, 0.4) is 0 Å². The summed E-state index contributed by atoms with van der Waals surface area (Å²) in [4.78, 5) is 23.2. The van der Waals surface area contributed by atoms with E-state index in [0.717, 1.165) is 18.1 Å². The number of carbonyl (C=O) groups is 2. The number of nitrogens with one attached hydrogen (secondary N) is 2. The highest BCUT2D eigenvalue weighted by Crippen LogP contribution is 2.16. The second-order valence-corrected chi connectivity index (χ2v) is 5.13. The number of primary amides is 1. The Kier molecular flexibility index (Phi) is 4.22. The van der Waals surface area contributed by atoms with Crippen molar-refractivity contribution in [3.05, 3.63) is 29.8 Å². The summed E-state index contributed by atoms with van der Waals surface area (Å²) in [5, 5.41) is 5.88. The van der Waals surface area contributed by atoms with Crippen molar-refractivity contribution < 1.29 is 9.59 Å². The van der Waals surface area contributed by atoms with Crippen LogP contribution in [0.2, 0.25) is 0 Å². The van der Waals surface area contributed by atoms with Gasteiger partial charge in [0.25, 0.3) is 5.91 Å². The minimum absolute atomic E-state index is 0.129. The van der Waals surface area contributed by atoms with Crippen molar-refractivity contribution in [3.63, 3.8) is 0 Å². The second-order valence-electron chi connectivity index (χ2n) is 3.98. The first-order valence-electron chi connectivity index (χ1n) is 5.69. The first kappa shape index (κ1) is 12.9. The van der Waals surface area contributed by atoms with Crippen LogP contribution in [0, 0.1) is 0 Å². The van der Waals surface area contributed by atoms with E-state index in [1.165, 1.54) is 0 Å². The molecule has 1 aromatic carbocycles. The van der Waals surface area contributed by atoms with E-state index in [-0.39, 0.29) is 11.9 Å². The minimum atomic E-state index is -0.545. The van der Waals surface area contributed by atoms with Crippen LogP contribution in [0.15, 0.2) is 24.3 Å².